The van der Waals surface area contributed by atoms with Crippen molar-refractivity contribution < 1.29 is 29.0 Å². The summed E-state index contributed by atoms with van der Waals surface area (Å²) in [6.07, 6.45) is 0. The standard InChI is InChI=1S/C12H7BN4O10/c18-14(19)7-1-3-11(9(5-7)16(22)23)26-13-27-12-4-2-8(15(20)21)6-10(12)17(24)25/h1-6,13H. The molecule has 0 aliphatic heterocycles. The first-order chi connectivity index (χ1) is 12.7. The molecule has 0 radical (unpaired) electrons. The molecule has 0 saturated carbocycles. The van der Waals surface area contributed by atoms with Gasteiger partial charge in [-0.3, -0.25) is 40.5 Å². The Hall–Kier alpha value is -4.30. The first-order valence-corrected chi connectivity index (χ1v) is 6.82. The lowest BCUT2D eigenvalue weighted by Crippen LogP contribution is -2.13. The summed E-state index contributed by atoms with van der Waals surface area (Å²) in [6, 6.07) is 5.26. The summed E-state index contributed by atoms with van der Waals surface area (Å²) >= 11 is 0. The van der Waals surface area contributed by atoms with Crippen molar-refractivity contribution in [3.05, 3.63) is 76.9 Å². The number of benzene rings is 2. The monoisotopic (exact) mass is 378 g/mol. The zero-order chi connectivity index (χ0) is 20.1. The molecule has 2 aromatic carbocycles. The molecule has 2 aromatic rings. The van der Waals surface area contributed by atoms with Crippen molar-refractivity contribution in [2.45, 2.75) is 0 Å². The van der Waals surface area contributed by atoms with Gasteiger partial charge in [0.05, 0.1) is 31.8 Å². The molecule has 0 bridgehead atoms. The number of rotatable bonds is 8. The van der Waals surface area contributed by atoms with Crippen LogP contribution in [0.2, 0.25) is 0 Å². The van der Waals surface area contributed by atoms with Gasteiger partial charge in [0.2, 0.25) is 0 Å². The van der Waals surface area contributed by atoms with Crippen LogP contribution in [-0.4, -0.2) is 27.4 Å². The molecular weight excluding hydrogens is 371 g/mol. The Kier molecular flexibility index (Phi) is 5.45. The van der Waals surface area contributed by atoms with Crippen molar-refractivity contribution in [1.29, 1.82) is 0 Å². The van der Waals surface area contributed by atoms with Crippen LogP contribution in [0.15, 0.2) is 36.4 Å². The Morgan fingerprint density at radius 3 is 1.30 bits per heavy atom. The molecule has 0 fully saturated rings. The quantitative estimate of drug-likeness (QED) is 0.373. The highest BCUT2D eigenvalue weighted by Crippen LogP contribution is 2.33. The van der Waals surface area contributed by atoms with Crippen LogP contribution in [0.25, 0.3) is 0 Å². The Morgan fingerprint density at radius 1 is 0.630 bits per heavy atom. The highest BCUT2D eigenvalue weighted by molar-refractivity contribution is 6.21. The van der Waals surface area contributed by atoms with Crippen molar-refractivity contribution in [3.8, 4) is 11.5 Å². The number of hydrogen-bond donors (Lipinski definition) is 0. The van der Waals surface area contributed by atoms with E-state index in [1.54, 1.807) is 0 Å². The van der Waals surface area contributed by atoms with Gasteiger partial charge in [0.1, 0.15) is 0 Å². The van der Waals surface area contributed by atoms with Gasteiger partial charge in [-0.25, -0.2) is 0 Å². The largest absolute Gasteiger partial charge is 0.576 e. The van der Waals surface area contributed by atoms with Gasteiger partial charge in [-0.2, -0.15) is 0 Å². The molecule has 0 atom stereocenters. The van der Waals surface area contributed by atoms with Crippen LogP contribution in [0.4, 0.5) is 22.7 Å². The second-order valence-corrected chi connectivity index (χ2v) is 4.74. The molecule has 0 aromatic heterocycles. The van der Waals surface area contributed by atoms with E-state index < -0.39 is 50.1 Å². The van der Waals surface area contributed by atoms with Crippen LogP contribution in [0.3, 0.4) is 0 Å². The molecule has 0 aliphatic carbocycles. The molecule has 0 N–H and O–H groups in total. The zero-order valence-electron chi connectivity index (χ0n) is 13.0. The van der Waals surface area contributed by atoms with E-state index in [1.165, 1.54) is 0 Å². The van der Waals surface area contributed by atoms with Crippen molar-refractivity contribution in [3.63, 3.8) is 0 Å². The average molecular weight is 378 g/mol. The van der Waals surface area contributed by atoms with E-state index in [9.17, 15) is 40.5 Å². The molecule has 0 unspecified atom stereocenters. The molecule has 0 saturated heterocycles. The molecule has 0 spiro atoms. The van der Waals surface area contributed by atoms with Crippen LogP contribution in [0, 0.1) is 40.5 Å². The van der Waals surface area contributed by atoms with Gasteiger partial charge in [0, 0.05) is 12.1 Å². The van der Waals surface area contributed by atoms with E-state index in [0.717, 1.165) is 24.3 Å². The SMILES string of the molecule is O=[N+]([O-])c1ccc(OBOc2ccc([N+](=O)[O-])cc2[N+](=O)[O-])c([N+](=O)[O-])c1. The van der Waals surface area contributed by atoms with Gasteiger partial charge in [0.15, 0.2) is 11.5 Å². The maximum absolute atomic E-state index is 11.0. The van der Waals surface area contributed by atoms with Gasteiger partial charge >= 0.3 is 19.1 Å². The average Bonchev–Trinajstić information content (AvgIpc) is 2.61. The van der Waals surface area contributed by atoms with E-state index in [-0.39, 0.29) is 11.5 Å². The third-order valence-corrected chi connectivity index (χ3v) is 3.13. The molecule has 0 amide bonds. The fraction of sp³-hybridized carbons (Fsp3) is 0. The molecule has 138 valence electrons. The van der Waals surface area contributed by atoms with Crippen LogP contribution in [0.5, 0.6) is 11.5 Å². The Morgan fingerprint density at radius 2 is 1.00 bits per heavy atom. The number of hydrogen-bond acceptors (Lipinski definition) is 10. The predicted molar refractivity (Wildman–Crippen MR) is 87.9 cm³/mol. The minimum absolute atomic E-state index is 0.366. The lowest BCUT2D eigenvalue weighted by atomic mass is 10.2. The molecule has 0 aliphatic rings. The molecule has 27 heavy (non-hydrogen) atoms. The van der Waals surface area contributed by atoms with Crippen molar-refractivity contribution in [1.82, 2.24) is 0 Å². The van der Waals surface area contributed by atoms with Gasteiger partial charge in [-0.05, 0) is 12.1 Å². The maximum Gasteiger partial charge on any atom is 0.576 e. The fourth-order valence-corrected chi connectivity index (χ4v) is 1.92. The van der Waals surface area contributed by atoms with Gasteiger partial charge in [-0.1, -0.05) is 0 Å². The first kappa shape index (κ1) is 19.0. The lowest BCUT2D eigenvalue weighted by Gasteiger charge is -2.08. The van der Waals surface area contributed by atoms with Crippen LogP contribution >= 0.6 is 0 Å². The summed E-state index contributed by atoms with van der Waals surface area (Å²) in [7, 11) is -0.725. The van der Waals surface area contributed by atoms with Gasteiger partial charge in [-0.15, -0.1) is 0 Å². The lowest BCUT2D eigenvalue weighted by molar-refractivity contribution is -0.394. The summed E-state index contributed by atoms with van der Waals surface area (Å²) in [6.45, 7) is 0. The molecule has 0 heterocycles. The van der Waals surface area contributed by atoms with Crippen LogP contribution in [0.1, 0.15) is 0 Å². The Bertz CT molecular complexity index is 874. The summed E-state index contributed by atoms with van der Waals surface area (Å²) in [4.78, 5) is 39.8. The van der Waals surface area contributed by atoms with Crippen molar-refractivity contribution in [2.24, 2.45) is 0 Å². The van der Waals surface area contributed by atoms with E-state index in [1.807, 2.05) is 0 Å². The molecule has 14 nitrogen and oxygen atoms in total. The first-order valence-electron chi connectivity index (χ1n) is 6.82. The summed E-state index contributed by atoms with van der Waals surface area (Å²) in [5, 5.41) is 43.3. The van der Waals surface area contributed by atoms with E-state index in [2.05, 4.69) is 0 Å². The number of nitro groups is 4. The molecule has 2 rings (SSSR count). The van der Waals surface area contributed by atoms with Crippen molar-refractivity contribution in [2.75, 3.05) is 0 Å². The molecule has 15 heteroatoms. The van der Waals surface area contributed by atoms with Gasteiger partial charge < -0.3 is 9.31 Å². The minimum atomic E-state index is -0.906. The second-order valence-electron chi connectivity index (χ2n) is 4.74. The molecular formula is C12H7BN4O10. The summed E-state index contributed by atoms with van der Waals surface area (Å²) < 4.78 is 10.0. The van der Waals surface area contributed by atoms with Crippen LogP contribution in [-0.2, 0) is 0 Å². The number of nitro benzene ring substituents is 4. The number of non-ortho nitro benzene ring substituents is 2. The van der Waals surface area contributed by atoms with Crippen molar-refractivity contribution >= 4 is 30.4 Å². The Balaban J connectivity index is 2.19. The number of nitrogens with zero attached hydrogens (tertiary/aromatic N) is 4. The van der Waals surface area contributed by atoms with E-state index >= 15 is 0 Å². The maximum atomic E-state index is 11.0. The van der Waals surface area contributed by atoms with Crippen LogP contribution < -0.4 is 9.31 Å². The van der Waals surface area contributed by atoms with Gasteiger partial charge in [0.25, 0.3) is 11.4 Å². The summed E-state index contributed by atoms with van der Waals surface area (Å²) in [5.41, 5.74) is -2.46. The van der Waals surface area contributed by atoms with E-state index in [4.69, 9.17) is 9.31 Å². The smallest absolute Gasteiger partial charge is 0.524 e. The van der Waals surface area contributed by atoms with E-state index in [0.29, 0.717) is 12.1 Å². The normalized spacial score (nSPS) is 9.93. The zero-order valence-corrected chi connectivity index (χ0v) is 13.0. The highest BCUT2D eigenvalue weighted by Gasteiger charge is 2.23. The second kappa shape index (κ2) is 7.73. The third-order valence-electron chi connectivity index (χ3n) is 3.13. The summed E-state index contributed by atoms with van der Waals surface area (Å²) in [5.74, 6) is -0.731. The highest BCUT2D eigenvalue weighted by atomic mass is 16.6. The third kappa shape index (κ3) is 4.41. The topological polar surface area (TPSA) is 191 Å². The minimum Gasteiger partial charge on any atom is -0.524 e. The fourth-order valence-electron chi connectivity index (χ4n) is 1.92. The predicted octanol–water partition coefficient (Wildman–Crippen LogP) is 2.04. The Labute approximate surface area is 148 Å².